The van der Waals surface area contributed by atoms with Crippen molar-refractivity contribution in [1.29, 1.82) is 0 Å². The third-order valence-electron chi connectivity index (χ3n) is 4.73. The molecular formula is C18H21BFNO2. The molecule has 2 aromatic rings. The highest BCUT2D eigenvalue weighted by atomic mass is 19.1. The summed E-state index contributed by atoms with van der Waals surface area (Å²) < 4.78 is 26.3. The maximum absolute atomic E-state index is 14.5. The van der Waals surface area contributed by atoms with E-state index in [4.69, 9.17) is 9.31 Å². The zero-order chi connectivity index (χ0) is 16.8. The fourth-order valence-corrected chi connectivity index (χ4v) is 2.48. The molecule has 0 saturated carbocycles. The Morgan fingerprint density at radius 3 is 2.00 bits per heavy atom. The zero-order valence-corrected chi connectivity index (χ0v) is 14.2. The lowest BCUT2D eigenvalue weighted by Crippen LogP contribution is -2.41. The summed E-state index contributed by atoms with van der Waals surface area (Å²) in [7, 11) is -0.737. The number of nitrogens with zero attached hydrogens (tertiary/aromatic N) is 1. The van der Waals surface area contributed by atoms with Crippen molar-refractivity contribution in [2.24, 2.45) is 0 Å². The van der Waals surface area contributed by atoms with Crippen molar-refractivity contribution in [1.82, 2.24) is 4.98 Å². The Labute approximate surface area is 137 Å². The summed E-state index contributed by atoms with van der Waals surface area (Å²) in [4.78, 5) is 4.09. The van der Waals surface area contributed by atoms with Gasteiger partial charge in [0.15, 0.2) is 0 Å². The number of aryl methyl sites for hydroxylation is 1. The second-order valence-corrected chi connectivity index (χ2v) is 7.03. The van der Waals surface area contributed by atoms with E-state index in [1.807, 2.05) is 58.9 Å². The van der Waals surface area contributed by atoms with Crippen LogP contribution in [0, 0.1) is 12.9 Å². The van der Waals surface area contributed by atoms with E-state index in [1.54, 1.807) is 12.1 Å². The van der Waals surface area contributed by atoms with Crippen LogP contribution >= 0.6 is 0 Å². The highest BCUT2D eigenvalue weighted by molar-refractivity contribution is 6.62. The molecule has 0 unspecified atom stereocenters. The van der Waals surface area contributed by atoms with Gasteiger partial charge in [-0.1, -0.05) is 35.9 Å². The lowest BCUT2D eigenvalue weighted by atomic mass is 9.80. The molecule has 5 heteroatoms. The molecule has 0 aliphatic carbocycles. The van der Waals surface area contributed by atoms with Crippen LogP contribution in [0.25, 0.3) is 11.3 Å². The molecule has 0 atom stereocenters. The summed E-state index contributed by atoms with van der Waals surface area (Å²) in [5, 5.41) is 0. The SMILES string of the molecule is Cc1ccc(-c2ccc(B3OC(C)(C)C(C)(C)O3)c(F)n2)cc1. The average molecular weight is 313 g/mol. The first-order valence-corrected chi connectivity index (χ1v) is 7.79. The van der Waals surface area contributed by atoms with E-state index in [9.17, 15) is 4.39 Å². The van der Waals surface area contributed by atoms with Crippen molar-refractivity contribution in [3.05, 3.63) is 47.9 Å². The predicted octanol–water partition coefficient (Wildman–Crippen LogP) is 3.50. The number of rotatable bonds is 2. The minimum Gasteiger partial charge on any atom is -0.399 e. The van der Waals surface area contributed by atoms with Gasteiger partial charge in [0, 0.05) is 11.0 Å². The van der Waals surface area contributed by atoms with Crippen LogP contribution in [0.1, 0.15) is 33.3 Å². The first-order valence-electron chi connectivity index (χ1n) is 7.79. The fourth-order valence-electron chi connectivity index (χ4n) is 2.48. The van der Waals surface area contributed by atoms with Crippen LogP contribution in [0.15, 0.2) is 36.4 Å². The summed E-state index contributed by atoms with van der Waals surface area (Å²) in [6.45, 7) is 9.79. The average Bonchev–Trinajstić information content (AvgIpc) is 2.68. The molecule has 1 fully saturated rings. The molecule has 1 aromatic carbocycles. The molecule has 3 nitrogen and oxygen atoms in total. The molecule has 0 N–H and O–H groups in total. The summed E-state index contributed by atoms with van der Waals surface area (Å²) in [6, 6.07) is 11.3. The van der Waals surface area contributed by atoms with Crippen molar-refractivity contribution < 1.29 is 13.7 Å². The van der Waals surface area contributed by atoms with E-state index < -0.39 is 24.3 Å². The molecule has 3 rings (SSSR count). The van der Waals surface area contributed by atoms with Gasteiger partial charge in [-0.2, -0.15) is 4.39 Å². The highest BCUT2D eigenvalue weighted by Crippen LogP contribution is 2.36. The highest BCUT2D eigenvalue weighted by Gasteiger charge is 2.52. The van der Waals surface area contributed by atoms with Crippen LogP contribution in [0.4, 0.5) is 4.39 Å². The van der Waals surface area contributed by atoms with Crippen LogP contribution in [0.2, 0.25) is 0 Å². The van der Waals surface area contributed by atoms with E-state index in [2.05, 4.69) is 4.98 Å². The van der Waals surface area contributed by atoms with Crippen LogP contribution < -0.4 is 5.46 Å². The summed E-state index contributed by atoms with van der Waals surface area (Å²) in [6.07, 6.45) is 0. The van der Waals surface area contributed by atoms with Crippen molar-refractivity contribution in [2.75, 3.05) is 0 Å². The minimum atomic E-state index is -0.737. The Hall–Kier alpha value is -1.72. The molecule has 2 heterocycles. The Morgan fingerprint density at radius 2 is 1.48 bits per heavy atom. The van der Waals surface area contributed by atoms with Crippen LogP contribution in [-0.4, -0.2) is 23.3 Å². The lowest BCUT2D eigenvalue weighted by molar-refractivity contribution is 0.00578. The molecule has 120 valence electrons. The quantitative estimate of drug-likeness (QED) is 0.628. The summed E-state index contributed by atoms with van der Waals surface area (Å²) >= 11 is 0. The van der Waals surface area contributed by atoms with Gasteiger partial charge in [-0.15, -0.1) is 0 Å². The van der Waals surface area contributed by atoms with Gasteiger partial charge in [0.05, 0.1) is 16.9 Å². The number of halogens is 1. The molecule has 0 radical (unpaired) electrons. The molecule has 1 aromatic heterocycles. The largest absolute Gasteiger partial charge is 0.499 e. The third kappa shape index (κ3) is 2.91. The van der Waals surface area contributed by atoms with E-state index >= 15 is 0 Å². The van der Waals surface area contributed by atoms with Crippen molar-refractivity contribution in [2.45, 2.75) is 45.8 Å². The fraction of sp³-hybridized carbons (Fsp3) is 0.389. The topological polar surface area (TPSA) is 31.4 Å². The normalized spacial score (nSPS) is 19.1. The van der Waals surface area contributed by atoms with Gasteiger partial charge in [0.25, 0.3) is 0 Å². The number of hydrogen-bond donors (Lipinski definition) is 0. The maximum atomic E-state index is 14.5. The standard InChI is InChI=1S/C18H21BFNO2/c1-12-6-8-13(9-7-12)15-11-10-14(16(20)21-15)19-22-17(2,3)18(4,5)23-19/h6-11H,1-5H3. The Kier molecular flexibility index (Phi) is 3.81. The van der Waals surface area contributed by atoms with Crippen LogP contribution in [0.3, 0.4) is 0 Å². The first kappa shape index (κ1) is 16.2. The Balaban J connectivity index is 1.90. The second kappa shape index (κ2) is 5.43. The molecule has 1 aliphatic rings. The van der Waals surface area contributed by atoms with Gasteiger partial charge in [0.1, 0.15) is 0 Å². The smallest absolute Gasteiger partial charge is 0.399 e. The van der Waals surface area contributed by atoms with Crippen molar-refractivity contribution in [3.63, 3.8) is 0 Å². The Morgan fingerprint density at radius 1 is 0.913 bits per heavy atom. The monoisotopic (exact) mass is 313 g/mol. The van der Waals surface area contributed by atoms with E-state index in [0.717, 1.165) is 11.1 Å². The zero-order valence-electron chi connectivity index (χ0n) is 14.2. The van der Waals surface area contributed by atoms with Crippen LogP contribution in [0.5, 0.6) is 0 Å². The summed E-state index contributed by atoms with van der Waals surface area (Å²) in [5.74, 6) is -0.554. The molecule has 1 saturated heterocycles. The van der Waals surface area contributed by atoms with E-state index in [0.29, 0.717) is 11.2 Å². The lowest BCUT2D eigenvalue weighted by Gasteiger charge is -2.32. The molecule has 0 amide bonds. The second-order valence-electron chi connectivity index (χ2n) is 7.03. The summed E-state index contributed by atoms with van der Waals surface area (Å²) in [5.41, 5.74) is 1.97. The number of pyridine rings is 1. The van der Waals surface area contributed by atoms with E-state index in [1.165, 1.54) is 0 Å². The number of aromatic nitrogens is 1. The maximum Gasteiger partial charge on any atom is 0.499 e. The van der Waals surface area contributed by atoms with Gasteiger partial charge in [0.2, 0.25) is 5.95 Å². The van der Waals surface area contributed by atoms with Gasteiger partial charge in [-0.25, -0.2) is 4.98 Å². The van der Waals surface area contributed by atoms with Gasteiger partial charge >= 0.3 is 7.12 Å². The van der Waals surface area contributed by atoms with Crippen molar-refractivity contribution in [3.8, 4) is 11.3 Å². The molecular weight excluding hydrogens is 292 g/mol. The third-order valence-corrected chi connectivity index (χ3v) is 4.73. The van der Waals surface area contributed by atoms with Gasteiger partial charge in [-0.3, -0.25) is 0 Å². The number of hydrogen-bond acceptors (Lipinski definition) is 3. The van der Waals surface area contributed by atoms with Gasteiger partial charge < -0.3 is 9.31 Å². The van der Waals surface area contributed by atoms with Crippen LogP contribution in [-0.2, 0) is 9.31 Å². The predicted molar refractivity (Wildman–Crippen MR) is 90.1 cm³/mol. The number of benzene rings is 1. The Bertz CT molecular complexity index is 712. The van der Waals surface area contributed by atoms with Gasteiger partial charge in [-0.05, 0) is 40.7 Å². The van der Waals surface area contributed by atoms with E-state index in [-0.39, 0.29) is 0 Å². The van der Waals surface area contributed by atoms with Crippen molar-refractivity contribution >= 4 is 12.6 Å². The minimum absolute atomic E-state index is 0.333. The molecule has 23 heavy (non-hydrogen) atoms. The molecule has 1 aliphatic heterocycles. The first-order chi connectivity index (χ1) is 10.7. The molecule has 0 bridgehead atoms. The molecule has 0 spiro atoms.